The normalized spacial score (nSPS) is 12.7. The molecule has 2 aromatic heterocycles. The molecule has 0 spiro atoms. The van der Waals surface area contributed by atoms with Gasteiger partial charge in [0.1, 0.15) is 17.6 Å². The van der Waals surface area contributed by atoms with Gasteiger partial charge in [-0.05, 0) is 43.5 Å². The number of benzene rings is 2. The summed E-state index contributed by atoms with van der Waals surface area (Å²) in [5.41, 5.74) is 0.675. The highest BCUT2D eigenvalue weighted by Crippen LogP contribution is 2.21. The summed E-state index contributed by atoms with van der Waals surface area (Å²) in [4.78, 5) is 52.5. The first-order valence-corrected chi connectivity index (χ1v) is 14.9. The van der Waals surface area contributed by atoms with E-state index in [-0.39, 0.29) is 25.2 Å². The summed E-state index contributed by atoms with van der Waals surface area (Å²) < 4.78 is 7.88. The molecule has 0 aliphatic rings. The van der Waals surface area contributed by atoms with Crippen LogP contribution in [0.1, 0.15) is 45.5 Å². The summed E-state index contributed by atoms with van der Waals surface area (Å²) in [6.45, 7) is 6.60. The second kappa shape index (κ2) is 15.1. The van der Waals surface area contributed by atoms with Crippen LogP contribution in [0.15, 0.2) is 73.1 Å². The Balaban J connectivity index is 1.72. The molecular weight excluding hydrogens is 590 g/mol. The average molecular weight is 630 g/mol. The zero-order valence-electron chi connectivity index (χ0n) is 26.5. The summed E-state index contributed by atoms with van der Waals surface area (Å²) in [5, 5.41) is 25.4. The van der Waals surface area contributed by atoms with E-state index in [0.29, 0.717) is 11.4 Å². The number of nitrogens with one attached hydrogen (secondary N) is 3. The fourth-order valence-corrected chi connectivity index (χ4v) is 5.05. The Labute approximate surface area is 266 Å². The molecular formula is C32H39N9O5. The van der Waals surface area contributed by atoms with Gasteiger partial charge in [-0.2, -0.15) is 0 Å². The van der Waals surface area contributed by atoms with E-state index in [1.165, 1.54) is 21.0 Å². The maximum atomic E-state index is 14.4. The molecule has 3 N–H and O–H groups in total. The van der Waals surface area contributed by atoms with Crippen LogP contribution in [0.3, 0.4) is 0 Å². The first-order valence-electron chi connectivity index (χ1n) is 14.9. The van der Waals surface area contributed by atoms with Gasteiger partial charge in [0.25, 0.3) is 0 Å². The summed E-state index contributed by atoms with van der Waals surface area (Å²) >= 11 is 0. The Hall–Kier alpha value is -5.40. The highest BCUT2D eigenvalue weighted by Gasteiger charge is 2.43. The Morgan fingerprint density at radius 1 is 0.804 bits per heavy atom. The number of aromatic nitrogens is 6. The zero-order valence-corrected chi connectivity index (χ0v) is 26.5. The Bertz CT molecular complexity index is 1560. The van der Waals surface area contributed by atoms with Gasteiger partial charge in [-0.1, -0.05) is 60.7 Å². The van der Waals surface area contributed by atoms with Crippen LogP contribution in [0.4, 0.5) is 0 Å². The topological polar surface area (TPSA) is 175 Å². The van der Waals surface area contributed by atoms with Crippen LogP contribution in [0.5, 0.6) is 0 Å². The molecule has 4 aromatic rings. The van der Waals surface area contributed by atoms with Crippen molar-refractivity contribution in [2.24, 2.45) is 5.92 Å². The number of hydrogen-bond acceptors (Lipinski definition) is 9. The van der Waals surface area contributed by atoms with Gasteiger partial charge in [-0.25, -0.2) is 14.2 Å². The van der Waals surface area contributed by atoms with Gasteiger partial charge in [0.15, 0.2) is 0 Å². The lowest BCUT2D eigenvalue weighted by Gasteiger charge is -2.34. The number of carbonyl (C=O) groups is 4. The Morgan fingerprint density at radius 3 is 1.74 bits per heavy atom. The van der Waals surface area contributed by atoms with E-state index in [9.17, 15) is 19.2 Å². The summed E-state index contributed by atoms with van der Waals surface area (Å²) in [6.07, 6.45) is 3.44. The minimum atomic E-state index is -1.66. The van der Waals surface area contributed by atoms with E-state index in [2.05, 4.69) is 36.6 Å². The molecule has 2 atom stereocenters. The van der Waals surface area contributed by atoms with E-state index >= 15 is 0 Å². The molecule has 14 nitrogen and oxygen atoms in total. The van der Waals surface area contributed by atoms with Crippen LogP contribution in [0.2, 0.25) is 0 Å². The quantitative estimate of drug-likeness (QED) is 0.175. The first kappa shape index (κ1) is 33.5. The lowest BCUT2D eigenvalue weighted by Crippen LogP contribution is -2.64. The molecule has 46 heavy (non-hydrogen) atoms. The fraction of sp³-hybridized carbons (Fsp3) is 0.375. The number of amides is 3. The molecule has 242 valence electrons. The second-order valence-corrected chi connectivity index (χ2v) is 11.5. The zero-order chi connectivity index (χ0) is 33.3. The predicted octanol–water partition coefficient (Wildman–Crippen LogP) is 1.72. The van der Waals surface area contributed by atoms with Gasteiger partial charge >= 0.3 is 5.97 Å². The van der Waals surface area contributed by atoms with Crippen molar-refractivity contribution in [3.05, 3.63) is 84.4 Å². The number of carbonyl (C=O) groups excluding carboxylic acids is 4. The van der Waals surface area contributed by atoms with Crippen LogP contribution in [-0.4, -0.2) is 78.4 Å². The van der Waals surface area contributed by atoms with Gasteiger partial charge in [0.2, 0.25) is 17.7 Å². The van der Waals surface area contributed by atoms with Crippen LogP contribution in [0.25, 0.3) is 11.4 Å². The number of ether oxygens (including phenoxy) is 1. The molecule has 0 saturated carbocycles. The number of esters is 1. The summed E-state index contributed by atoms with van der Waals surface area (Å²) in [5.74, 6) is -2.32. The fourth-order valence-electron chi connectivity index (χ4n) is 5.05. The number of hydrogen-bond donors (Lipinski definition) is 3. The van der Waals surface area contributed by atoms with Gasteiger partial charge < -0.3 is 20.7 Å². The molecule has 14 heteroatoms. The van der Waals surface area contributed by atoms with Crippen molar-refractivity contribution in [1.82, 2.24) is 45.9 Å². The minimum Gasteiger partial charge on any atom is -0.467 e. The van der Waals surface area contributed by atoms with Crippen molar-refractivity contribution >= 4 is 23.7 Å². The maximum Gasteiger partial charge on any atom is 0.328 e. The monoisotopic (exact) mass is 629 g/mol. The molecule has 0 unspecified atom stereocenters. The van der Waals surface area contributed by atoms with E-state index in [0.717, 1.165) is 11.4 Å². The number of rotatable bonds is 14. The molecule has 0 fully saturated rings. The first-order chi connectivity index (χ1) is 22.0. The molecule has 0 bridgehead atoms. The minimum absolute atomic E-state index is 0.00353. The Morgan fingerprint density at radius 2 is 1.30 bits per heavy atom. The molecule has 0 saturated heterocycles. The lowest BCUT2D eigenvalue weighted by atomic mass is 9.86. The highest BCUT2D eigenvalue weighted by atomic mass is 16.5. The van der Waals surface area contributed by atoms with E-state index in [4.69, 9.17) is 4.74 Å². The molecule has 2 heterocycles. The largest absolute Gasteiger partial charge is 0.467 e. The molecule has 0 aliphatic heterocycles. The SMILES string of the molecule is COC(=O)[C@H](C)NC(=O)[C@H](CC(C)C)NC(=O)C(Cc1cn(-c2ccccc2)nn1)(Cc1cn(-c2ccccc2)nn1)NC(C)=O. The van der Waals surface area contributed by atoms with Crippen molar-refractivity contribution in [3.63, 3.8) is 0 Å². The Kier molecular flexibility index (Phi) is 11.0. The van der Waals surface area contributed by atoms with Crippen molar-refractivity contribution in [3.8, 4) is 11.4 Å². The molecule has 0 radical (unpaired) electrons. The van der Waals surface area contributed by atoms with Gasteiger partial charge in [-0.3, -0.25) is 14.4 Å². The van der Waals surface area contributed by atoms with Gasteiger partial charge in [-0.15, -0.1) is 10.2 Å². The van der Waals surface area contributed by atoms with E-state index < -0.39 is 41.3 Å². The third-order valence-corrected chi connectivity index (χ3v) is 7.18. The van der Waals surface area contributed by atoms with Crippen LogP contribution in [0, 0.1) is 5.92 Å². The summed E-state index contributed by atoms with van der Waals surface area (Å²) in [6, 6.07) is 16.7. The van der Waals surface area contributed by atoms with Crippen molar-refractivity contribution in [2.45, 2.75) is 64.6 Å². The van der Waals surface area contributed by atoms with E-state index in [1.54, 1.807) is 21.8 Å². The number of para-hydroxylation sites is 2. The van der Waals surface area contributed by atoms with Crippen molar-refractivity contribution < 1.29 is 23.9 Å². The lowest BCUT2D eigenvalue weighted by molar-refractivity contribution is -0.145. The van der Waals surface area contributed by atoms with Crippen molar-refractivity contribution in [1.29, 1.82) is 0 Å². The molecule has 2 aromatic carbocycles. The number of methoxy groups -OCH3 is 1. The van der Waals surface area contributed by atoms with Crippen LogP contribution in [-0.2, 0) is 36.8 Å². The van der Waals surface area contributed by atoms with E-state index in [1.807, 2.05) is 74.5 Å². The third kappa shape index (κ3) is 8.61. The van der Waals surface area contributed by atoms with Gasteiger partial charge in [0, 0.05) is 19.8 Å². The standard InChI is InChI=1S/C32H39N9O5/c1-21(2)16-28(29(43)33-22(3)30(44)46-5)34-31(45)32(35-23(4)42,17-24-19-40(38-36-24)26-12-8-6-9-13-26)18-25-20-41(39-37-25)27-14-10-7-11-15-27/h6-15,19-22,28H,16-18H2,1-5H3,(H,33,43)(H,34,45)(H,35,42)/t22-,28-/m0/s1. The molecule has 0 aliphatic carbocycles. The van der Waals surface area contributed by atoms with Gasteiger partial charge in [0.05, 0.1) is 42.3 Å². The summed E-state index contributed by atoms with van der Waals surface area (Å²) in [7, 11) is 1.22. The molecule has 3 amide bonds. The van der Waals surface area contributed by atoms with Crippen molar-refractivity contribution in [2.75, 3.05) is 7.11 Å². The second-order valence-electron chi connectivity index (χ2n) is 11.5. The average Bonchev–Trinajstić information content (AvgIpc) is 3.70. The smallest absolute Gasteiger partial charge is 0.328 e. The predicted molar refractivity (Wildman–Crippen MR) is 168 cm³/mol. The van der Waals surface area contributed by atoms with Crippen LogP contribution >= 0.6 is 0 Å². The molecule has 4 rings (SSSR count). The highest BCUT2D eigenvalue weighted by molar-refractivity contribution is 5.96. The maximum absolute atomic E-state index is 14.4. The third-order valence-electron chi connectivity index (χ3n) is 7.18. The van der Waals surface area contributed by atoms with Crippen LogP contribution < -0.4 is 16.0 Å². The number of nitrogens with zero attached hydrogens (tertiary/aromatic N) is 6.